The standard InChI is InChI=1S/C14H16N4O3S/c1-14(2,4-3-11(19)20)18-12(21)10-8-22-13(17-10)9-7-15-5-6-16-9/h5-8H,3-4H2,1-2H3,(H,18,21)(H,19,20). The fraction of sp³-hybridized carbons (Fsp3) is 0.357. The van der Waals surface area contributed by atoms with Crippen LogP contribution in [0.3, 0.4) is 0 Å². The van der Waals surface area contributed by atoms with Gasteiger partial charge in [-0.05, 0) is 20.3 Å². The van der Waals surface area contributed by atoms with Gasteiger partial charge >= 0.3 is 5.97 Å². The molecule has 0 atom stereocenters. The largest absolute Gasteiger partial charge is 0.481 e. The van der Waals surface area contributed by atoms with Gasteiger partial charge in [0.1, 0.15) is 16.4 Å². The zero-order valence-electron chi connectivity index (χ0n) is 12.2. The van der Waals surface area contributed by atoms with Crippen molar-refractivity contribution in [1.82, 2.24) is 20.3 Å². The average molecular weight is 320 g/mol. The molecule has 0 unspecified atom stereocenters. The third-order valence-electron chi connectivity index (χ3n) is 2.93. The van der Waals surface area contributed by atoms with E-state index in [-0.39, 0.29) is 18.0 Å². The Balaban J connectivity index is 2.04. The van der Waals surface area contributed by atoms with Crippen LogP contribution in [0.2, 0.25) is 0 Å². The maximum absolute atomic E-state index is 12.2. The molecular formula is C14H16N4O3S. The fourth-order valence-corrected chi connectivity index (χ4v) is 2.52. The molecule has 22 heavy (non-hydrogen) atoms. The minimum Gasteiger partial charge on any atom is -0.481 e. The second-order valence-corrected chi connectivity index (χ2v) is 6.22. The van der Waals surface area contributed by atoms with Crippen LogP contribution in [0.5, 0.6) is 0 Å². The minimum absolute atomic E-state index is 0.00476. The molecule has 2 aromatic rings. The number of nitrogens with zero attached hydrogens (tertiary/aromatic N) is 3. The summed E-state index contributed by atoms with van der Waals surface area (Å²) in [5, 5.41) is 13.8. The Morgan fingerprint density at radius 3 is 2.77 bits per heavy atom. The summed E-state index contributed by atoms with van der Waals surface area (Å²) in [6, 6.07) is 0. The van der Waals surface area contributed by atoms with Crippen molar-refractivity contribution >= 4 is 23.2 Å². The minimum atomic E-state index is -0.888. The lowest BCUT2D eigenvalue weighted by Crippen LogP contribution is -2.43. The highest BCUT2D eigenvalue weighted by atomic mass is 32.1. The van der Waals surface area contributed by atoms with E-state index in [2.05, 4.69) is 20.3 Å². The van der Waals surface area contributed by atoms with Crippen molar-refractivity contribution in [3.63, 3.8) is 0 Å². The third kappa shape index (κ3) is 4.32. The molecule has 1 amide bonds. The fourth-order valence-electron chi connectivity index (χ4n) is 1.76. The molecule has 7 nitrogen and oxygen atoms in total. The number of carboxylic acids is 1. The predicted molar refractivity (Wildman–Crippen MR) is 81.6 cm³/mol. The highest BCUT2D eigenvalue weighted by Crippen LogP contribution is 2.21. The second-order valence-electron chi connectivity index (χ2n) is 5.36. The zero-order chi connectivity index (χ0) is 16.2. The van der Waals surface area contributed by atoms with Gasteiger partial charge in [-0.3, -0.25) is 19.6 Å². The number of amides is 1. The molecule has 116 valence electrons. The van der Waals surface area contributed by atoms with Gasteiger partial charge in [-0.25, -0.2) is 4.98 Å². The molecule has 0 aliphatic heterocycles. The summed E-state index contributed by atoms with van der Waals surface area (Å²) in [4.78, 5) is 35.2. The molecule has 0 aliphatic carbocycles. The first-order valence-electron chi connectivity index (χ1n) is 6.63. The number of thiazole rings is 1. The molecule has 0 saturated heterocycles. The van der Waals surface area contributed by atoms with Gasteiger partial charge < -0.3 is 10.4 Å². The Labute approximate surface area is 131 Å². The summed E-state index contributed by atoms with van der Waals surface area (Å²) in [5.74, 6) is -1.22. The van der Waals surface area contributed by atoms with E-state index >= 15 is 0 Å². The molecule has 0 aromatic carbocycles. The first-order chi connectivity index (χ1) is 10.4. The highest BCUT2D eigenvalue weighted by molar-refractivity contribution is 7.13. The lowest BCUT2D eigenvalue weighted by molar-refractivity contribution is -0.137. The quantitative estimate of drug-likeness (QED) is 0.843. The number of rotatable bonds is 6. The Kier molecular flexibility index (Phi) is 4.81. The van der Waals surface area contributed by atoms with Crippen molar-refractivity contribution in [1.29, 1.82) is 0 Å². The van der Waals surface area contributed by atoms with Gasteiger partial charge in [-0.15, -0.1) is 11.3 Å². The Morgan fingerprint density at radius 2 is 2.14 bits per heavy atom. The topological polar surface area (TPSA) is 105 Å². The third-order valence-corrected chi connectivity index (χ3v) is 3.80. The highest BCUT2D eigenvalue weighted by Gasteiger charge is 2.23. The monoisotopic (exact) mass is 320 g/mol. The lowest BCUT2D eigenvalue weighted by atomic mass is 9.98. The summed E-state index contributed by atoms with van der Waals surface area (Å²) in [5.41, 5.74) is 0.275. The molecule has 2 heterocycles. The van der Waals surface area contributed by atoms with Crippen LogP contribution in [0.4, 0.5) is 0 Å². The Bertz CT molecular complexity index is 670. The normalized spacial score (nSPS) is 11.2. The van der Waals surface area contributed by atoms with Crippen LogP contribution >= 0.6 is 11.3 Å². The predicted octanol–water partition coefficient (Wildman–Crippen LogP) is 1.97. The number of carbonyl (C=O) groups excluding carboxylic acids is 1. The van der Waals surface area contributed by atoms with E-state index in [0.717, 1.165) is 0 Å². The van der Waals surface area contributed by atoms with Gasteiger partial charge in [-0.2, -0.15) is 0 Å². The summed E-state index contributed by atoms with van der Waals surface area (Å²) in [6.07, 6.45) is 5.04. The maximum atomic E-state index is 12.2. The van der Waals surface area contributed by atoms with Gasteiger partial charge in [0.05, 0.1) is 6.20 Å². The molecule has 0 saturated carbocycles. The van der Waals surface area contributed by atoms with Crippen LogP contribution in [0.15, 0.2) is 24.0 Å². The van der Waals surface area contributed by atoms with E-state index in [0.29, 0.717) is 17.1 Å². The van der Waals surface area contributed by atoms with Gasteiger partial charge in [0, 0.05) is 29.7 Å². The van der Waals surface area contributed by atoms with Crippen molar-refractivity contribution in [2.45, 2.75) is 32.2 Å². The summed E-state index contributed by atoms with van der Waals surface area (Å²) in [7, 11) is 0. The first-order valence-corrected chi connectivity index (χ1v) is 7.51. The number of hydrogen-bond acceptors (Lipinski definition) is 6. The molecule has 2 aromatic heterocycles. The average Bonchev–Trinajstić information content (AvgIpc) is 2.96. The molecule has 0 radical (unpaired) electrons. The van der Waals surface area contributed by atoms with Crippen molar-refractivity contribution < 1.29 is 14.7 Å². The molecule has 2 rings (SSSR count). The van der Waals surface area contributed by atoms with E-state index in [1.54, 1.807) is 37.8 Å². The van der Waals surface area contributed by atoms with Crippen molar-refractivity contribution in [3.8, 4) is 10.7 Å². The van der Waals surface area contributed by atoms with Crippen LogP contribution in [-0.4, -0.2) is 37.5 Å². The molecule has 0 fully saturated rings. The molecule has 0 spiro atoms. The van der Waals surface area contributed by atoms with Crippen LogP contribution in [0.1, 0.15) is 37.2 Å². The number of hydrogen-bond donors (Lipinski definition) is 2. The SMILES string of the molecule is CC(C)(CCC(=O)O)NC(=O)c1csc(-c2cnccn2)n1. The summed E-state index contributed by atoms with van der Waals surface area (Å²) in [6.45, 7) is 3.56. The van der Waals surface area contributed by atoms with Crippen LogP contribution in [0, 0.1) is 0 Å². The van der Waals surface area contributed by atoms with E-state index in [1.165, 1.54) is 11.3 Å². The van der Waals surface area contributed by atoms with Gasteiger partial charge in [0.2, 0.25) is 0 Å². The number of carboxylic acid groups (broad SMARTS) is 1. The van der Waals surface area contributed by atoms with E-state index in [4.69, 9.17) is 5.11 Å². The number of aliphatic carboxylic acids is 1. The second kappa shape index (κ2) is 6.61. The Morgan fingerprint density at radius 1 is 1.36 bits per heavy atom. The van der Waals surface area contributed by atoms with Gasteiger partial charge in [0.25, 0.3) is 5.91 Å². The van der Waals surface area contributed by atoms with E-state index < -0.39 is 11.5 Å². The number of carbonyl (C=O) groups is 2. The van der Waals surface area contributed by atoms with Gasteiger partial charge in [0.15, 0.2) is 0 Å². The molecule has 2 N–H and O–H groups in total. The number of aromatic nitrogens is 3. The first kappa shape index (κ1) is 16.0. The zero-order valence-corrected chi connectivity index (χ0v) is 13.1. The molecular weight excluding hydrogens is 304 g/mol. The van der Waals surface area contributed by atoms with Crippen molar-refractivity contribution in [3.05, 3.63) is 29.7 Å². The summed E-state index contributed by atoms with van der Waals surface area (Å²) >= 11 is 1.31. The van der Waals surface area contributed by atoms with E-state index in [9.17, 15) is 9.59 Å². The van der Waals surface area contributed by atoms with Gasteiger partial charge in [-0.1, -0.05) is 0 Å². The Hall–Kier alpha value is -2.35. The van der Waals surface area contributed by atoms with Crippen LogP contribution in [-0.2, 0) is 4.79 Å². The van der Waals surface area contributed by atoms with Crippen LogP contribution < -0.4 is 5.32 Å². The molecule has 8 heteroatoms. The smallest absolute Gasteiger partial charge is 0.303 e. The molecule has 0 bridgehead atoms. The summed E-state index contributed by atoms with van der Waals surface area (Å²) < 4.78 is 0. The van der Waals surface area contributed by atoms with Crippen molar-refractivity contribution in [2.75, 3.05) is 0 Å². The molecule has 0 aliphatic rings. The van der Waals surface area contributed by atoms with Crippen molar-refractivity contribution in [2.24, 2.45) is 0 Å². The maximum Gasteiger partial charge on any atom is 0.303 e. The lowest BCUT2D eigenvalue weighted by Gasteiger charge is -2.25. The number of nitrogens with one attached hydrogen (secondary N) is 1. The van der Waals surface area contributed by atoms with E-state index in [1.807, 2.05) is 0 Å². The van der Waals surface area contributed by atoms with Crippen LogP contribution in [0.25, 0.3) is 10.7 Å².